The van der Waals surface area contributed by atoms with Crippen molar-refractivity contribution in [3.63, 3.8) is 0 Å². The minimum absolute atomic E-state index is 0.0312. The van der Waals surface area contributed by atoms with Gasteiger partial charge in [0.25, 0.3) is 5.91 Å². The average Bonchev–Trinajstić information content (AvgIpc) is 3.15. The number of aromatic amines is 1. The molecule has 130 valence electrons. The van der Waals surface area contributed by atoms with Crippen molar-refractivity contribution in [2.45, 2.75) is 25.8 Å². The van der Waals surface area contributed by atoms with Gasteiger partial charge in [-0.1, -0.05) is 0 Å². The van der Waals surface area contributed by atoms with Crippen LogP contribution in [-0.4, -0.2) is 62.6 Å². The molecule has 3 heterocycles. The number of imidazole rings is 1. The van der Waals surface area contributed by atoms with E-state index in [2.05, 4.69) is 31.7 Å². The summed E-state index contributed by atoms with van der Waals surface area (Å²) < 4.78 is 2.08. The van der Waals surface area contributed by atoms with E-state index < -0.39 is 0 Å². The third-order valence-electron chi connectivity index (χ3n) is 4.94. The van der Waals surface area contributed by atoms with E-state index in [9.17, 15) is 4.79 Å². The molecule has 2 aromatic heterocycles. The quantitative estimate of drug-likeness (QED) is 0.924. The number of aryl methyl sites for hydroxylation is 2. The largest absolute Gasteiger partial charge is 0.340 e. The van der Waals surface area contributed by atoms with Gasteiger partial charge in [0.2, 0.25) is 0 Å². The molecule has 2 aromatic rings. The molecular formula is C17H26N6O. The first-order chi connectivity index (χ1) is 11.5. The highest BCUT2D eigenvalue weighted by Gasteiger charge is 2.34. The Morgan fingerprint density at radius 3 is 2.88 bits per heavy atom. The Bertz CT molecular complexity index is 706. The van der Waals surface area contributed by atoms with Gasteiger partial charge >= 0.3 is 0 Å². The molecule has 0 aromatic carbocycles. The second kappa shape index (κ2) is 6.76. The average molecular weight is 330 g/mol. The highest BCUT2D eigenvalue weighted by molar-refractivity contribution is 5.92. The van der Waals surface area contributed by atoms with Crippen molar-refractivity contribution in [1.82, 2.24) is 29.5 Å². The number of hydrogen-bond donors (Lipinski definition) is 1. The van der Waals surface area contributed by atoms with Gasteiger partial charge in [0.05, 0.1) is 18.1 Å². The van der Waals surface area contributed by atoms with Crippen LogP contribution in [0, 0.1) is 12.8 Å². The molecule has 24 heavy (non-hydrogen) atoms. The molecule has 0 unspecified atom stereocenters. The maximum atomic E-state index is 12.6. The Morgan fingerprint density at radius 2 is 2.25 bits per heavy atom. The van der Waals surface area contributed by atoms with Crippen molar-refractivity contribution >= 4 is 5.91 Å². The van der Waals surface area contributed by atoms with E-state index in [0.717, 1.165) is 25.1 Å². The second-order valence-electron chi connectivity index (χ2n) is 6.88. The van der Waals surface area contributed by atoms with Gasteiger partial charge in [-0.25, -0.2) is 4.98 Å². The van der Waals surface area contributed by atoms with E-state index in [-0.39, 0.29) is 11.9 Å². The van der Waals surface area contributed by atoms with Crippen LogP contribution >= 0.6 is 0 Å². The molecule has 1 aliphatic heterocycles. The molecule has 2 atom stereocenters. The summed E-state index contributed by atoms with van der Waals surface area (Å²) in [7, 11) is 6.05. The molecular weight excluding hydrogens is 304 g/mol. The molecule has 1 amide bonds. The second-order valence-corrected chi connectivity index (χ2v) is 6.88. The molecule has 3 rings (SSSR count). The highest BCUT2D eigenvalue weighted by atomic mass is 16.2. The van der Waals surface area contributed by atoms with Crippen LogP contribution in [0.4, 0.5) is 0 Å². The number of aromatic nitrogens is 4. The zero-order chi connectivity index (χ0) is 17.3. The Kier molecular flexibility index (Phi) is 4.71. The normalized spacial score (nSPS) is 21.8. The maximum Gasteiger partial charge on any atom is 0.274 e. The van der Waals surface area contributed by atoms with E-state index in [1.54, 1.807) is 11.0 Å². The summed E-state index contributed by atoms with van der Waals surface area (Å²) in [6.45, 7) is 3.69. The summed E-state index contributed by atoms with van der Waals surface area (Å²) in [5, 5.41) is 6.92. The van der Waals surface area contributed by atoms with Crippen LogP contribution in [0.1, 0.15) is 40.8 Å². The third-order valence-corrected chi connectivity index (χ3v) is 4.94. The lowest BCUT2D eigenvalue weighted by atomic mass is 9.87. The summed E-state index contributed by atoms with van der Waals surface area (Å²) >= 11 is 0. The summed E-state index contributed by atoms with van der Waals surface area (Å²) in [4.78, 5) is 21.0. The van der Waals surface area contributed by atoms with Crippen LogP contribution in [0.25, 0.3) is 0 Å². The molecule has 7 nitrogen and oxygen atoms in total. The summed E-state index contributed by atoms with van der Waals surface area (Å²) in [6.07, 6.45) is 6.05. The topological polar surface area (TPSA) is 70.1 Å². The standard InChI is InChI=1S/C17H26N6O/c1-12-8-14(20-19-12)17(24)22(3)10-13-6-5-7-21(2)16(13)15-9-18-11-23(15)4/h8-9,11,13,16H,5-7,10H2,1-4H3,(H,19,20)/t13-,16+/m0/s1. The van der Waals surface area contributed by atoms with Gasteiger partial charge in [-0.2, -0.15) is 5.10 Å². The van der Waals surface area contributed by atoms with Gasteiger partial charge in [-0.15, -0.1) is 0 Å². The zero-order valence-corrected chi connectivity index (χ0v) is 14.9. The predicted octanol–water partition coefficient (Wildman–Crippen LogP) is 1.61. The van der Waals surface area contributed by atoms with Gasteiger partial charge in [0, 0.05) is 32.5 Å². The Balaban J connectivity index is 1.76. The lowest BCUT2D eigenvalue weighted by Gasteiger charge is -2.40. The predicted molar refractivity (Wildman–Crippen MR) is 91.6 cm³/mol. The smallest absolute Gasteiger partial charge is 0.274 e. The SMILES string of the molecule is Cc1cc(C(=O)N(C)C[C@@H]2CCCN(C)[C@H]2c2cncn2C)n[nH]1. The van der Waals surface area contributed by atoms with E-state index in [4.69, 9.17) is 0 Å². The number of piperidine rings is 1. The van der Waals surface area contributed by atoms with Crippen LogP contribution < -0.4 is 0 Å². The summed E-state index contributed by atoms with van der Waals surface area (Å²) in [5.41, 5.74) is 2.59. The van der Waals surface area contributed by atoms with Crippen molar-refractivity contribution in [1.29, 1.82) is 0 Å². The monoisotopic (exact) mass is 330 g/mol. The van der Waals surface area contributed by atoms with Gasteiger partial charge in [-0.05, 0) is 45.3 Å². The fourth-order valence-electron chi connectivity index (χ4n) is 3.73. The molecule has 7 heteroatoms. The molecule has 1 aliphatic rings. The minimum Gasteiger partial charge on any atom is -0.340 e. The fourth-order valence-corrected chi connectivity index (χ4v) is 3.73. The van der Waals surface area contributed by atoms with Gasteiger partial charge in [-0.3, -0.25) is 14.8 Å². The lowest BCUT2D eigenvalue weighted by molar-refractivity contribution is 0.0628. The molecule has 0 spiro atoms. The van der Waals surface area contributed by atoms with Gasteiger partial charge < -0.3 is 9.47 Å². The molecule has 0 aliphatic carbocycles. The summed E-state index contributed by atoms with van der Waals surface area (Å²) in [5.74, 6) is 0.351. The van der Waals surface area contributed by atoms with E-state index in [0.29, 0.717) is 18.2 Å². The highest BCUT2D eigenvalue weighted by Crippen LogP contribution is 2.35. The van der Waals surface area contributed by atoms with Crippen molar-refractivity contribution in [2.24, 2.45) is 13.0 Å². The Morgan fingerprint density at radius 1 is 1.46 bits per heavy atom. The molecule has 0 saturated carbocycles. The lowest BCUT2D eigenvalue weighted by Crippen LogP contribution is -2.43. The number of hydrogen-bond acceptors (Lipinski definition) is 4. The van der Waals surface area contributed by atoms with Crippen LogP contribution in [0.2, 0.25) is 0 Å². The number of carbonyl (C=O) groups is 1. The Labute approximate surface area is 142 Å². The van der Waals surface area contributed by atoms with Crippen LogP contribution in [0.15, 0.2) is 18.6 Å². The number of carbonyl (C=O) groups excluding carboxylic acids is 1. The number of amides is 1. The number of H-pyrrole nitrogens is 1. The van der Waals surface area contributed by atoms with E-state index in [1.165, 1.54) is 5.69 Å². The Hall–Kier alpha value is -2.15. The van der Waals surface area contributed by atoms with E-state index >= 15 is 0 Å². The van der Waals surface area contributed by atoms with Crippen molar-refractivity contribution < 1.29 is 4.79 Å². The third kappa shape index (κ3) is 3.21. The number of rotatable bonds is 4. The van der Waals surface area contributed by atoms with Crippen molar-refractivity contribution in [3.8, 4) is 0 Å². The molecule has 1 saturated heterocycles. The van der Waals surface area contributed by atoms with Crippen LogP contribution in [0.5, 0.6) is 0 Å². The fraction of sp³-hybridized carbons (Fsp3) is 0.588. The molecule has 0 bridgehead atoms. The number of likely N-dealkylation sites (tertiary alicyclic amines) is 1. The first-order valence-corrected chi connectivity index (χ1v) is 8.41. The number of nitrogens with zero attached hydrogens (tertiary/aromatic N) is 5. The zero-order valence-electron chi connectivity index (χ0n) is 14.9. The number of nitrogens with one attached hydrogen (secondary N) is 1. The summed E-state index contributed by atoms with van der Waals surface area (Å²) in [6, 6.07) is 2.08. The first kappa shape index (κ1) is 16.7. The van der Waals surface area contributed by atoms with Crippen LogP contribution in [0.3, 0.4) is 0 Å². The molecule has 1 N–H and O–H groups in total. The minimum atomic E-state index is -0.0312. The van der Waals surface area contributed by atoms with Crippen molar-refractivity contribution in [3.05, 3.63) is 35.7 Å². The molecule has 0 radical (unpaired) electrons. The van der Waals surface area contributed by atoms with Crippen molar-refractivity contribution in [2.75, 3.05) is 27.2 Å². The van der Waals surface area contributed by atoms with E-state index in [1.807, 2.05) is 33.5 Å². The maximum absolute atomic E-state index is 12.6. The molecule has 1 fully saturated rings. The van der Waals surface area contributed by atoms with Gasteiger partial charge in [0.15, 0.2) is 0 Å². The first-order valence-electron chi connectivity index (χ1n) is 8.41. The van der Waals surface area contributed by atoms with Gasteiger partial charge in [0.1, 0.15) is 5.69 Å². The van der Waals surface area contributed by atoms with Crippen LogP contribution in [-0.2, 0) is 7.05 Å².